The van der Waals surface area contributed by atoms with Crippen molar-refractivity contribution < 1.29 is 18.8 Å². The maximum Gasteiger partial charge on any atom is 0.340 e. The van der Waals surface area contributed by atoms with Gasteiger partial charge in [0.15, 0.2) is 5.82 Å². The van der Waals surface area contributed by atoms with Crippen molar-refractivity contribution in [2.45, 2.75) is 27.3 Å². The number of rotatable bonds is 6. The largest absolute Gasteiger partial charge is 0.462 e. The average Bonchev–Trinajstić information content (AvgIpc) is 2.54. The number of nitro groups is 1. The molecule has 138 valence electrons. The molecule has 1 heterocycles. The number of ether oxygens (including phenoxy) is 1. The zero-order valence-corrected chi connectivity index (χ0v) is 14.5. The molecular weight excluding hydrogens is 345 g/mol. The van der Waals surface area contributed by atoms with Gasteiger partial charge in [0.05, 0.1) is 28.8 Å². The third-order valence-corrected chi connectivity index (χ3v) is 3.72. The fourth-order valence-corrected chi connectivity index (χ4v) is 2.53. The van der Waals surface area contributed by atoms with Crippen molar-refractivity contribution in [2.24, 2.45) is 0 Å². The molecule has 2 N–H and O–H groups in total. The molecule has 8 nitrogen and oxygen atoms in total. The number of carbonyl (C=O) groups excluding carboxylic acids is 1. The summed E-state index contributed by atoms with van der Waals surface area (Å²) in [7, 11) is 0. The minimum atomic E-state index is -0.983. The number of hydrogen-bond acceptors (Lipinski definition) is 6. The van der Waals surface area contributed by atoms with E-state index >= 15 is 0 Å². The molecular formula is C17H18FN3O5. The van der Waals surface area contributed by atoms with E-state index in [0.29, 0.717) is 22.9 Å². The number of non-ortho nitro benzene ring substituents is 1. The summed E-state index contributed by atoms with van der Waals surface area (Å²) in [4.78, 5) is 36.9. The Bertz CT molecular complexity index is 923. The van der Waals surface area contributed by atoms with Gasteiger partial charge in [0.2, 0.25) is 0 Å². The van der Waals surface area contributed by atoms with E-state index in [1.165, 1.54) is 0 Å². The van der Waals surface area contributed by atoms with E-state index in [9.17, 15) is 24.1 Å². The highest BCUT2D eigenvalue weighted by molar-refractivity contribution is 5.96. The highest BCUT2D eigenvalue weighted by Crippen LogP contribution is 2.27. The van der Waals surface area contributed by atoms with E-state index < -0.39 is 22.4 Å². The summed E-state index contributed by atoms with van der Waals surface area (Å²) in [5.74, 6) is -1.88. The summed E-state index contributed by atoms with van der Waals surface area (Å²) in [5.41, 5.74) is 0.274. The monoisotopic (exact) mass is 363 g/mol. The van der Waals surface area contributed by atoms with Gasteiger partial charge < -0.3 is 15.0 Å². The quantitative estimate of drug-likeness (QED) is 0.463. The number of nitro benzene ring substituents is 1. The Morgan fingerprint density at radius 3 is 2.62 bits per heavy atom. The lowest BCUT2D eigenvalue weighted by Gasteiger charge is -2.13. The van der Waals surface area contributed by atoms with E-state index in [-0.39, 0.29) is 30.0 Å². The van der Waals surface area contributed by atoms with Crippen molar-refractivity contribution >= 4 is 17.3 Å². The number of anilines is 1. The molecule has 0 fully saturated rings. The molecule has 1 aromatic carbocycles. The SMILES string of the molecule is CCOC(=O)c1cc([N+](=O)[O-])cc(F)c1NCc1c(C)cc(C)[nH]c1=O. The average molecular weight is 363 g/mol. The molecule has 0 aliphatic heterocycles. The van der Waals surface area contributed by atoms with Crippen LogP contribution in [0.25, 0.3) is 0 Å². The number of pyridine rings is 1. The topological polar surface area (TPSA) is 114 Å². The van der Waals surface area contributed by atoms with Crippen LogP contribution in [0.3, 0.4) is 0 Å². The van der Waals surface area contributed by atoms with Crippen LogP contribution in [0.4, 0.5) is 15.8 Å². The Morgan fingerprint density at radius 2 is 2.04 bits per heavy atom. The summed E-state index contributed by atoms with van der Waals surface area (Å²) in [6.45, 7) is 4.99. The van der Waals surface area contributed by atoms with Crippen LogP contribution in [0, 0.1) is 29.8 Å². The zero-order valence-electron chi connectivity index (χ0n) is 14.5. The molecule has 0 amide bonds. The summed E-state index contributed by atoms with van der Waals surface area (Å²) in [6.07, 6.45) is 0. The van der Waals surface area contributed by atoms with E-state index in [1.54, 1.807) is 26.8 Å². The molecule has 1 aromatic heterocycles. The first-order chi connectivity index (χ1) is 12.2. The van der Waals surface area contributed by atoms with Crippen LogP contribution >= 0.6 is 0 Å². The number of nitrogens with zero attached hydrogens (tertiary/aromatic N) is 1. The molecule has 0 bridgehead atoms. The van der Waals surface area contributed by atoms with Crippen LogP contribution in [0.2, 0.25) is 0 Å². The number of benzene rings is 1. The van der Waals surface area contributed by atoms with Gasteiger partial charge in [-0.15, -0.1) is 0 Å². The van der Waals surface area contributed by atoms with Crippen molar-refractivity contribution in [1.29, 1.82) is 0 Å². The highest BCUT2D eigenvalue weighted by atomic mass is 19.1. The van der Waals surface area contributed by atoms with Crippen LogP contribution in [-0.2, 0) is 11.3 Å². The molecule has 26 heavy (non-hydrogen) atoms. The third-order valence-electron chi connectivity index (χ3n) is 3.72. The second-order valence-corrected chi connectivity index (χ2v) is 5.62. The Kier molecular flexibility index (Phi) is 5.71. The van der Waals surface area contributed by atoms with Gasteiger partial charge in [0, 0.05) is 23.9 Å². The molecule has 0 radical (unpaired) electrons. The lowest BCUT2D eigenvalue weighted by atomic mass is 10.1. The van der Waals surface area contributed by atoms with Gasteiger partial charge in [-0.2, -0.15) is 0 Å². The number of halogens is 1. The van der Waals surface area contributed by atoms with Gasteiger partial charge >= 0.3 is 5.97 Å². The van der Waals surface area contributed by atoms with Gasteiger partial charge in [0.1, 0.15) is 0 Å². The second-order valence-electron chi connectivity index (χ2n) is 5.62. The fraction of sp³-hybridized carbons (Fsp3) is 0.294. The Labute approximate surface area is 148 Å². The Morgan fingerprint density at radius 1 is 1.35 bits per heavy atom. The summed E-state index contributed by atoms with van der Waals surface area (Å²) >= 11 is 0. The molecule has 0 spiro atoms. The van der Waals surface area contributed by atoms with Crippen molar-refractivity contribution in [1.82, 2.24) is 4.98 Å². The summed E-state index contributed by atoms with van der Waals surface area (Å²) < 4.78 is 19.2. The first-order valence-electron chi connectivity index (χ1n) is 7.83. The van der Waals surface area contributed by atoms with Crippen molar-refractivity contribution in [3.63, 3.8) is 0 Å². The lowest BCUT2D eigenvalue weighted by molar-refractivity contribution is -0.385. The fourth-order valence-electron chi connectivity index (χ4n) is 2.53. The lowest BCUT2D eigenvalue weighted by Crippen LogP contribution is -2.20. The number of nitrogens with one attached hydrogen (secondary N) is 2. The van der Waals surface area contributed by atoms with Crippen LogP contribution in [0.15, 0.2) is 23.0 Å². The van der Waals surface area contributed by atoms with Crippen LogP contribution in [0.5, 0.6) is 0 Å². The van der Waals surface area contributed by atoms with Crippen LogP contribution < -0.4 is 10.9 Å². The van der Waals surface area contributed by atoms with E-state index in [4.69, 9.17) is 4.74 Å². The standard InChI is InChI=1S/C17H18FN3O5/c1-4-26-17(23)12-6-11(21(24)25)7-14(18)15(12)19-8-13-9(2)5-10(3)20-16(13)22/h5-7,19H,4,8H2,1-3H3,(H,20,22). The predicted molar refractivity (Wildman–Crippen MR) is 92.9 cm³/mol. The number of aryl methyl sites for hydroxylation is 2. The second kappa shape index (κ2) is 7.77. The molecule has 0 atom stereocenters. The molecule has 2 aromatic rings. The molecule has 0 unspecified atom stereocenters. The number of aromatic amines is 1. The third kappa shape index (κ3) is 4.05. The minimum Gasteiger partial charge on any atom is -0.462 e. The maximum atomic E-state index is 14.4. The van der Waals surface area contributed by atoms with Crippen LogP contribution in [-0.4, -0.2) is 22.5 Å². The number of aromatic nitrogens is 1. The first kappa shape index (κ1) is 19.1. The molecule has 0 saturated heterocycles. The van der Waals surface area contributed by atoms with Gasteiger partial charge in [-0.1, -0.05) is 0 Å². The van der Waals surface area contributed by atoms with Crippen molar-refractivity contribution in [3.05, 3.63) is 66.9 Å². The van der Waals surface area contributed by atoms with Crippen molar-refractivity contribution in [2.75, 3.05) is 11.9 Å². The molecule has 9 heteroatoms. The van der Waals surface area contributed by atoms with Gasteiger partial charge in [-0.25, -0.2) is 9.18 Å². The van der Waals surface area contributed by atoms with E-state index in [0.717, 1.165) is 6.07 Å². The van der Waals surface area contributed by atoms with Gasteiger partial charge in [0.25, 0.3) is 11.2 Å². The smallest absolute Gasteiger partial charge is 0.340 e. The number of H-pyrrole nitrogens is 1. The first-order valence-corrected chi connectivity index (χ1v) is 7.83. The highest BCUT2D eigenvalue weighted by Gasteiger charge is 2.22. The zero-order chi connectivity index (χ0) is 19.4. The van der Waals surface area contributed by atoms with Crippen molar-refractivity contribution in [3.8, 4) is 0 Å². The predicted octanol–water partition coefficient (Wildman–Crippen LogP) is 2.83. The summed E-state index contributed by atoms with van der Waals surface area (Å²) in [5, 5.41) is 13.6. The number of carbonyl (C=O) groups is 1. The molecule has 0 aliphatic rings. The van der Waals surface area contributed by atoms with Crippen LogP contribution in [0.1, 0.15) is 34.1 Å². The van der Waals surface area contributed by atoms with E-state index in [1.807, 2.05) is 0 Å². The van der Waals surface area contributed by atoms with E-state index in [2.05, 4.69) is 10.3 Å². The van der Waals surface area contributed by atoms with Gasteiger partial charge in [-0.05, 0) is 32.4 Å². The number of esters is 1. The molecule has 0 aliphatic carbocycles. The van der Waals surface area contributed by atoms with Gasteiger partial charge in [-0.3, -0.25) is 14.9 Å². The Hall–Kier alpha value is -3.23. The molecule has 0 saturated carbocycles. The Balaban J connectivity index is 2.44. The normalized spacial score (nSPS) is 10.5. The number of hydrogen-bond donors (Lipinski definition) is 2. The minimum absolute atomic E-state index is 0.0271. The maximum absolute atomic E-state index is 14.4. The summed E-state index contributed by atoms with van der Waals surface area (Å²) in [6, 6.07) is 3.41. The molecule has 2 rings (SSSR count).